The smallest absolute Gasteiger partial charge is 0.355 e. The molecule has 2 amide bonds. The predicted octanol–water partition coefficient (Wildman–Crippen LogP) is 2.68. The van der Waals surface area contributed by atoms with Gasteiger partial charge in [0.2, 0.25) is 5.91 Å². The van der Waals surface area contributed by atoms with E-state index in [0.29, 0.717) is 17.3 Å². The molecule has 0 atom stereocenters. The van der Waals surface area contributed by atoms with Crippen molar-refractivity contribution in [3.05, 3.63) is 65.2 Å². The van der Waals surface area contributed by atoms with Crippen molar-refractivity contribution in [3.63, 3.8) is 0 Å². The quantitative estimate of drug-likeness (QED) is 0.756. The molecular formula is C20H18ClN3O4. The summed E-state index contributed by atoms with van der Waals surface area (Å²) < 4.78 is 5.03. The van der Waals surface area contributed by atoms with Crippen LogP contribution >= 0.6 is 11.6 Å². The minimum absolute atomic E-state index is 0.106. The first-order chi connectivity index (χ1) is 13.5. The van der Waals surface area contributed by atoms with Crippen LogP contribution in [0.4, 0.5) is 5.69 Å². The number of carbonyl (C=O) groups excluding carboxylic acids is 3. The van der Waals surface area contributed by atoms with Crippen LogP contribution in [0.3, 0.4) is 0 Å². The van der Waals surface area contributed by atoms with Gasteiger partial charge in [0.05, 0.1) is 5.69 Å². The van der Waals surface area contributed by atoms with Gasteiger partial charge in [0, 0.05) is 24.4 Å². The SMILES string of the molecule is O=C(COC(=O)C1=NN(c2ccccc2)C(=O)CC1)NCc1ccc(Cl)cc1. The Balaban J connectivity index is 1.53. The zero-order chi connectivity index (χ0) is 19.9. The number of hydrazone groups is 1. The molecule has 0 saturated carbocycles. The van der Waals surface area contributed by atoms with Crippen LogP contribution in [-0.4, -0.2) is 30.1 Å². The van der Waals surface area contributed by atoms with Gasteiger partial charge in [-0.2, -0.15) is 5.10 Å². The number of esters is 1. The summed E-state index contributed by atoms with van der Waals surface area (Å²) in [5, 5.41) is 8.54. The Kier molecular flexibility index (Phi) is 6.39. The van der Waals surface area contributed by atoms with Gasteiger partial charge >= 0.3 is 5.97 Å². The first-order valence-electron chi connectivity index (χ1n) is 8.66. The van der Waals surface area contributed by atoms with Crippen LogP contribution in [0, 0.1) is 0 Å². The highest BCUT2D eigenvalue weighted by atomic mass is 35.5. The van der Waals surface area contributed by atoms with Gasteiger partial charge in [-0.1, -0.05) is 41.9 Å². The standard InChI is InChI=1S/C20H18ClN3O4/c21-15-8-6-14(7-9-15)12-22-18(25)13-28-20(27)17-10-11-19(26)24(23-17)16-4-2-1-3-5-16/h1-9H,10-13H2,(H,22,25). The lowest BCUT2D eigenvalue weighted by atomic mass is 10.1. The van der Waals surface area contributed by atoms with Crippen molar-refractivity contribution < 1.29 is 19.1 Å². The summed E-state index contributed by atoms with van der Waals surface area (Å²) in [7, 11) is 0. The van der Waals surface area contributed by atoms with Crippen molar-refractivity contribution in [1.82, 2.24) is 5.32 Å². The molecular weight excluding hydrogens is 382 g/mol. The summed E-state index contributed by atoms with van der Waals surface area (Å²) in [6.45, 7) is -0.129. The third-order valence-electron chi connectivity index (χ3n) is 4.01. The molecule has 2 aromatic carbocycles. The number of halogens is 1. The largest absolute Gasteiger partial charge is 0.451 e. The Bertz CT molecular complexity index is 897. The average Bonchev–Trinajstić information content (AvgIpc) is 2.72. The van der Waals surface area contributed by atoms with Crippen molar-refractivity contribution in [2.45, 2.75) is 19.4 Å². The minimum Gasteiger partial charge on any atom is -0.451 e. The molecule has 0 spiro atoms. The van der Waals surface area contributed by atoms with E-state index in [-0.39, 0.29) is 24.5 Å². The molecule has 0 saturated heterocycles. The normalized spacial score (nSPS) is 13.7. The maximum Gasteiger partial charge on any atom is 0.355 e. The summed E-state index contributed by atoms with van der Waals surface area (Å²) in [4.78, 5) is 36.2. The zero-order valence-electron chi connectivity index (χ0n) is 14.9. The van der Waals surface area contributed by atoms with Gasteiger partial charge in [-0.05, 0) is 29.8 Å². The maximum atomic E-state index is 12.2. The molecule has 1 aliphatic heterocycles. The monoisotopic (exact) mass is 399 g/mol. The number of hydrogen-bond acceptors (Lipinski definition) is 5. The molecule has 7 nitrogen and oxygen atoms in total. The second kappa shape index (κ2) is 9.14. The molecule has 1 N–H and O–H groups in total. The van der Waals surface area contributed by atoms with Crippen LogP contribution in [0.15, 0.2) is 59.7 Å². The van der Waals surface area contributed by atoms with E-state index in [1.807, 2.05) is 6.07 Å². The fourth-order valence-corrected chi connectivity index (χ4v) is 2.67. The maximum absolute atomic E-state index is 12.2. The van der Waals surface area contributed by atoms with E-state index in [0.717, 1.165) is 5.56 Å². The van der Waals surface area contributed by atoms with Gasteiger partial charge in [-0.3, -0.25) is 9.59 Å². The molecule has 8 heteroatoms. The molecule has 0 unspecified atom stereocenters. The van der Waals surface area contributed by atoms with Gasteiger partial charge in [0.1, 0.15) is 5.71 Å². The van der Waals surface area contributed by atoms with E-state index in [9.17, 15) is 14.4 Å². The van der Waals surface area contributed by atoms with Crippen LogP contribution in [0.25, 0.3) is 0 Å². The van der Waals surface area contributed by atoms with Crippen LogP contribution in [0.5, 0.6) is 0 Å². The molecule has 0 radical (unpaired) electrons. The third-order valence-corrected chi connectivity index (χ3v) is 4.26. The lowest BCUT2D eigenvalue weighted by Crippen LogP contribution is -2.36. The molecule has 2 aromatic rings. The fourth-order valence-electron chi connectivity index (χ4n) is 2.54. The van der Waals surface area contributed by atoms with E-state index < -0.39 is 18.5 Å². The molecule has 0 bridgehead atoms. The summed E-state index contributed by atoms with van der Waals surface area (Å²) in [5.41, 5.74) is 1.55. The molecule has 0 fully saturated rings. The number of nitrogens with one attached hydrogen (secondary N) is 1. The number of ether oxygens (including phenoxy) is 1. The number of benzene rings is 2. The molecule has 1 heterocycles. The van der Waals surface area contributed by atoms with E-state index in [2.05, 4.69) is 10.4 Å². The van der Waals surface area contributed by atoms with Crippen LogP contribution in [-0.2, 0) is 25.7 Å². The number of anilines is 1. The summed E-state index contributed by atoms with van der Waals surface area (Å²) in [5.74, 6) is -1.35. The first-order valence-corrected chi connectivity index (χ1v) is 9.04. The average molecular weight is 400 g/mol. The topological polar surface area (TPSA) is 88.1 Å². The summed E-state index contributed by atoms with van der Waals surface area (Å²) in [6.07, 6.45) is 0.318. The predicted molar refractivity (Wildman–Crippen MR) is 105 cm³/mol. The Hall–Kier alpha value is -3.19. The highest BCUT2D eigenvalue weighted by molar-refractivity contribution is 6.38. The van der Waals surface area contributed by atoms with Gasteiger partial charge < -0.3 is 10.1 Å². The Morgan fingerprint density at radius 3 is 2.50 bits per heavy atom. The van der Waals surface area contributed by atoms with Gasteiger partial charge in [0.25, 0.3) is 5.91 Å². The van der Waals surface area contributed by atoms with Crippen LogP contribution in [0.1, 0.15) is 18.4 Å². The Morgan fingerprint density at radius 2 is 1.79 bits per heavy atom. The highest BCUT2D eigenvalue weighted by Gasteiger charge is 2.26. The van der Waals surface area contributed by atoms with Gasteiger partial charge in [-0.15, -0.1) is 0 Å². The Labute approximate surface area is 166 Å². The minimum atomic E-state index is -0.713. The van der Waals surface area contributed by atoms with Crippen molar-refractivity contribution in [2.24, 2.45) is 5.10 Å². The first kappa shape index (κ1) is 19.6. The van der Waals surface area contributed by atoms with Crippen molar-refractivity contribution in [1.29, 1.82) is 0 Å². The summed E-state index contributed by atoms with van der Waals surface area (Å²) in [6, 6.07) is 15.8. The van der Waals surface area contributed by atoms with Crippen molar-refractivity contribution in [2.75, 3.05) is 11.6 Å². The number of amides is 2. The second-order valence-corrected chi connectivity index (χ2v) is 6.50. The summed E-state index contributed by atoms with van der Waals surface area (Å²) >= 11 is 5.81. The molecule has 1 aliphatic rings. The molecule has 0 aliphatic carbocycles. The van der Waals surface area contributed by atoms with Gasteiger partial charge in [-0.25, -0.2) is 9.80 Å². The number of carbonyl (C=O) groups is 3. The number of rotatable bonds is 6. The highest BCUT2D eigenvalue weighted by Crippen LogP contribution is 2.20. The zero-order valence-corrected chi connectivity index (χ0v) is 15.7. The van der Waals surface area contributed by atoms with E-state index in [1.165, 1.54) is 5.01 Å². The van der Waals surface area contributed by atoms with E-state index in [1.54, 1.807) is 48.5 Å². The van der Waals surface area contributed by atoms with E-state index in [4.69, 9.17) is 16.3 Å². The van der Waals surface area contributed by atoms with Crippen molar-refractivity contribution >= 4 is 40.8 Å². The number of nitrogens with zero attached hydrogens (tertiary/aromatic N) is 2. The number of para-hydroxylation sites is 1. The lowest BCUT2D eigenvalue weighted by Gasteiger charge is -2.22. The van der Waals surface area contributed by atoms with E-state index >= 15 is 0 Å². The second-order valence-electron chi connectivity index (χ2n) is 6.07. The Morgan fingerprint density at radius 1 is 1.07 bits per heavy atom. The van der Waals surface area contributed by atoms with Crippen molar-refractivity contribution in [3.8, 4) is 0 Å². The fraction of sp³-hybridized carbons (Fsp3) is 0.200. The lowest BCUT2D eigenvalue weighted by molar-refractivity contribution is -0.142. The number of hydrogen-bond donors (Lipinski definition) is 1. The van der Waals surface area contributed by atoms with Crippen LogP contribution in [0.2, 0.25) is 5.02 Å². The molecule has 28 heavy (non-hydrogen) atoms. The molecule has 3 rings (SSSR count). The van der Waals surface area contributed by atoms with Gasteiger partial charge in [0.15, 0.2) is 6.61 Å². The molecule has 0 aromatic heterocycles. The molecule has 144 valence electrons. The third kappa shape index (κ3) is 5.17. The van der Waals surface area contributed by atoms with Crippen LogP contribution < -0.4 is 10.3 Å².